The van der Waals surface area contributed by atoms with Crippen molar-refractivity contribution < 1.29 is 14.3 Å². The molecule has 102 valence electrons. The molecule has 0 heterocycles. The Morgan fingerprint density at radius 2 is 2.26 bits per heavy atom. The van der Waals surface area contributed by atoms with Gasteiger partial charge in [0, 0.05) is 15.8 Å². The van der Waals surface area contributed by atoms with E-state index in [0.29, 0.717) is 12.2 Å². The molecule has 1 aromatic rings. The third-order valence-corrected chi connectivity index (χ3v) is 2.98. The number of nitrogens with one attached hydrogen (secondary N) is 1. The fourth-order valence-corrected chi connectivity index (χ4v) is 1.79. The Labute approximate surface area is 125 Å². The molecule has 19 heavy (non-hydrogen) atoms. The van der Waals surface area contributed by atoms with E-state index in [4.69, 9.17) is 10.5 Å². The van der Waals surface area contributed by atoms with Crippen molar-refractivity contribution in [2.75, 3.05) is 12.3 Å². The lowest BCUT2D eigenvalue weighted by Gasteiger charge is -2.13. The van der Waals surface area contributed by atoms with Crippen LogP contribution in [-0.4, -0.2) is 24.5 Å². The summed E-state index contributed by atoms with van der Waals surface area (Å²) in [6, 6.07) is 5.03. The highest BCUT2D eigenvalue weighted by atomic mass is 127. The van der Waals surface area contributed by atoms with Gasteiger partial charge in [-0.3, -0.25) is 4.79 Å². The van der Waals surface area contributed by atoms with E-state index in [1.54, 1.807) is 24.3 Å². The van der Waals surface area contributed by atoms with Gasteiger partial charge in [-0.15, -0.1) is 6.58 Å². The molecule has 1 rings (SSSR count). The highest BCUT2D eigenvalue weighted by Gasteiger charge is 2.19. The number of nitrogens with two attached hydrogens (primary N) is 1. The van der Waals surface area contributed by atoms with E-state index in [2.05, 4.69) is 34.5 Å². The lowest BCUT2D eigenvalue weighted by atomic mass is 10.2. The van der Waals surface area contributed by atoms with Gasteiger partial charge in [0.05, 0.1) is 5.56 Å². The quantitative estimate of drug-likeness (QED) is 0.356. The van der Waals surface area contributed by atoms with Crippen LogP contribution in [-0.2, 0) is 9.53 Å². The van der Waals surface area contributed by atoms with Gasteiger partial charge < -0.3 is 15.8 Å². The molecule has 0 bridgehead atoms. The number of benzene rings is 1. The monoisotopic (exact) mass is 374 g/mol. The summed E-state index contributed by atoms with van der Waals surface area (Å²) >= 11 is 2.07. The first-order valence-electron chi connectivity index (χ1n) is 5.60. The van der Waals surface area contributed by atoms with E-state index in [1.807, 2.05) is 0 Å². The maximum atomic E-state index is 11.9. The predicted molar refractivity (Wildman–Crippen MR) is 81.7 cm³/mol. The molecule has 0 saturated heterocycles. The molecule has 0 aromatic heterocycles. The van der Waals surface area contributed by atoms with Gasteiger partial charge in [0.2, 0.25) is 0 Å². The van der Waals surface area contributed by atoms with Crippen molar-refractivity contribution in [1.82, 2.24) is 5.32 Å². The molecule has 0 aliphatic heterocycles. The molecule has 1 amide bonds. The first-order valence-corrected chi connectivity index (χ1v) is 6.68. The molecule has 1 aromatic carbocycles. The van der Waals surface area contributed by atoms with Gasteiger partial charge in [-0.05, 0) is 47.7 Å². The maximum absolute atomic E-state index is 11.9. The van der Waals surface area contributed by atoms with E-state index in [-0.39, 0.29) is 11.5 Å². The van der Waals surface area contributed by atoms with Crippen molar-refractivity contribution >= 4 is 40.2 Å². The Morgan fingerprint density at radius 3 is 2.89 bits per heavy atom. The van der Waals surface area contributed by atoms with Crippen molar-refractivity contribution in [3.63, 3.8) is 0 Å². The Balaban J connectivity index is 2.71. The molecule has 0 spiro atoms. The van der Waals surface area contributed by atoms with Gasteiger partial charge in [-0.2, -0.15) is 0 Å². The van der Waals surface area contributed by atoms with E-state index >= 15 is 0 Å². The summed E-state index contributed by atoms with van der Waals surface area (Å²) in [4.78, 5) is 23.5. The first-order chi connectivity index (χ1) is 8.95. The lowest BCUT2D eigenvalue weighted by Crippen LogP contribution is -2.36. The van der Waals surface area contributed by atoms with Gasteiger partial charge in [0.25, 0.3) is 5.91 Å². The van der Waals surface area contributed by atoms with Crippen molar-refractivity contribution in [2.24, 2.45) is 0 Å². The minimum absolute atomic E-state index is 0.260. The van der Waals surface area contributed by atoms with Crippen molar-refractivity contribution in [3.8, 4) is 0 Å². The average Bonchev–Trinajstić information content (AvgIpc) is 2.38. The fraction of sp³-hybridized carbons (Fsp3) is 0.231. The third-order valence-electron chi connectivity index (χ3n) is 2.31. The van der Waals surface area contributed by atoms with Gasteiger partial charge in [-0.1, -0.05) is 6.08 Å². The number of carbonyl (C=O) groups is 2. The standard InChI is InChI=1S/C13H15IN2O3/c1-3-6-16-12(17)8(2)19-13(18)10-7-9(14)4-5-11(10)15/h3-5,7-8H,1,6,15H2,2H3,(H,16,17)/t8-/m1/s1. The van der Waals surface area contributed by atoms with Crippen LogP contribution >= 0.6 is 22.6 Å². The number of rotatable bonds is 5. The van der Waals surface area contributed by atoms with Crippen LogP contribution in [0.1, 0.15) is 17.3 Å². The Bertz CT molecular complexity index is 503. The van der Waals surface area contributed by atoms with Crippen LogP contribution in [0.2, 0.25) is 0 Å². The van der Waals surface area contributed by atoms with Gasteiger partial charge in [-0.25, -0.2) is 4.79 Å². The fourth-order valence-electron chi connectivity index (χ4n) is 1.30. The summed E-state index contributed by atoms with van der Waals surface area (Å²) < 4.78 is 5.93. The number of ether oxygens (including phenoxy) is 1. The second kappa shape index (κ2) is 7.13. The number of nitrogen functional groups attached to an aromatic ring is 1. The summed E-state index contributed by atoms with van der Waals surface area (Å²) in [5, 5.41) is 2.55. The number of amides is 1. The number of anilines is 1. The van der Waals surface area contributed by atoms with Crippen molar-refractivity contribution in [3.05, 3.63) is 40.0 Å². The van der Waals surface area contributed by atoms with E-state index in [9.17, 15) is 9.59 Å². The summed E-state index contributed by atoms with van der Waals surface area (Å²) in [5.41, 5.74) is 6.29. The highest BCUT2D eigenvalue weighted by Crippen LogP contribution is 2.17. The molecule has 0 radical (unpaired) electrons. The molecule has 5 nitrogen and oxygen atoms in total. The summed E-state index contributed by atoms with van der Waals surface area (Å²) in [6.45, 7) is 5.31. The topological polar surface area (TPSA) is 81.4 Å². The molecule has 0 saturated carbocycles. The Morgan fingerprint density at radius 1 is 1.58 bits per heavy atom. The van der Waals surface area contributed by atoms with Crippen LogP contribution in [0.5, 0.6) is 0 Å². The molecular formula is C13H15IN2O3. The zero-order valence-corrected chi connectivity index (χ0v) is 12.6. The molecule has 0 aliphatic carbocycles. The normalized spacial score (nSPS) is 11.5. The molecule has 0 unspecified atom stereocenters. The van der Waals surface area contributed by atoms with Crippen LogP contribution in [0.25, 0.3) is 0 Å². The van der Waals surface area contributed by atoms with Gasteiger partial charge >= 0.3 is 5.97 Å². The Kier molecular flexibility index (Phi) is 5.81. The van der Waals surface area contributed by atoms with E-state index in [1.165, 1.54) is 6.92 Å². The van der Waals surface area contributed by atoms with Crippen molar-refractivity contribution in [1.29, 1.82) is 0 Å². The minimum Gasteiger partial charge on any atom is -0.449 e. The highest BCUT2D eigenvalue weighted by molar-refractivity contribution is 14.1. The smallest absolute Gasteiger partial charge is 0.341 e. The number of halogens is 1. The van der Waals surface area contributed by atoms with Gasteiger partial charge in [0.1, 0.15) is 0 Å². The summed E-state index contributed by atoms with van der Waals surface area (Å²) in [6.07, 6.45) is 0.661. The number of carbonyl (C=O) groups excluding carboxylic acids is 2. The Hall–Kier alpha value is -1.57. The third kappa shape index (κ3) is 4.55. The molecular weight excluding hydrogens is 359 g/mol. The SMILES string of the molecule is C=CCNC(=O)[C@@H](C)OC(=O)c1cc(I)ccc1N. The molecule has 6 heteroatoms. The van der Waals surface area contributed by atoms with Gasteiger partial charge in [0.15, 0.2) is 6.10 Å². The van der Waals surface area contributed by atoms with Crippen LogP contribution in [0.4, 0.5) is 5.69 Å². The number of esters is 1. The lowest BCUT2D eigenvalue weighted by molar-refractivity contribution is -0.128. The second-order valence-corrected chi connectivity index (χ2v) is 5.06. The number of hydrogen-bond donors (Lipinski definition) is 2. The first kappa shape index (κ1) is 15.5. The van der Waals surface area contributed by atoms with Crippen LogP contribution < -0.4 is 11.1 Å². The summed E-state index contributed by atoms with van der Waals surface area (Å²) in [5.74, 6) is -0.991. The predicted octanol–water partition coefficient (Wildman–Crippen LogP) is 1.72. The van der Waals surface area contributed by atoms with Crippen LogP contribution in [0, 0.1) is 3.57 Å². The molecule has 3 N–H and O–H groups in total. The van der Waals surface area contributed by atoms with Crippen LogP contribution in [0.3, 0.4) is 0 Å². The summed E-state index contributed by atoms with van der Waals surface area (Å²) in [7, 11) is 0. The largest absolute Gasteiger partial charge is 0.449 e. The van der Waals surface area contributed by atoms with E-state index in [0.717, 1.165) is 3.57 Å². The molecule has 0 fully saturated rings. The average molecular weight is 374 g/mol. The molecule has 0 aliphatic rings. The maximum Gasteiger partial charge on any atom is 0.341 e. The van der Waals surface area contributed by atoms with E-state index < -0.39 is 12.1 Å². The zero-order chi connectivity index (χ0) is 14.4. The second-order valence-electron chi connectivity index (χ2n) is 3.81. The molecule has 1 atom stereocenters. The van der Waals surface area contributed by atoms with Crippen molar-refractivity contribution in [2.45, 2.75) is 13.0 Å². The van der Waals surface area contributed by atoms with Crippen LogP contribution in [0.15, 0.2) is 30.9 Å². The zero-order valence-electron chi connectivity index (χ0n) is 10.5. The minimum atomic E-state index is -0.885. The number of hydrogen-bond acceptors (Lipinski definition) is 4.